The quantitative estimate of drug-likeness (QED) is 0.286. The van der Waals surface area contributed by atoms with Crippen molar-refractivity contribution in [3.8, 4) is 5.69 Å². The third-order valence-electron chi connectivity index (χ3n) is 7.36. The number of rotatable bonds is 5. The molecule has 1 unspecified atom stereocenters. The number of carbonyl (C=O) groups excluding carboxylic acids is 2. The lowest BCUT2D eigenvalue weighted by molar-refractivity contribution is -0.120. The predicted molar refractivity (Wildman–Crippen MR) is 153 cm³/mol. The van der Waals surface area contributed by atoms with Gasteiger partial charge < -0.3 is 9.47 Å². The Labute approximate surface area is 229 Å². The van der Waals surface area contributed by atoms with E-state index < -0.39 is 6.04 Å². The van der Waals surface area contributed by atoms with E-state index in [1.165, 1.54) is 12.1 Å². The van der Waals surface area contributed by atoms with Crippen molar-refractivity contribution in [3.63, 3.8) is 0 Å². The number of para-hydroxylation sites is 2. The maximum Gasteiger partial charge on any atom is 0.254 e. The summed E-state index contributed by atoms with van der Waals surface area (Å²) in [5.74, 6) is -0.735. The van der Waals surface area contributed by atoms with Gasteiger partial charge >= 0.3 is 0 Å². The molecule has 1 aliphatic rings. The Balaban J connectivity index is 1.52. The number of amides is 2. The van der Waals surface area contributed by atoms with Gasteiger partial charge in [0.25, 0.3) is 5.91 Å². The topological polar surface area (TPSA) is 45.6 Å². The van der Waals surface area contributed by atoms with E-state index >= 15 is 0 Å². The summed E-state index contributed by atoms with van der Waals surface area (Å²) < 4.78 is 15.9. The van der Waals surface area contributed by atoms with Gasteiger partial charge in [0.15, 0.2) is 0 Å². The van der Waals surface area contributed by atoms with Gasteiger partial charge in [0.05, 0.1) is 17.1 Å². The summed E-state index contributed by atoms with van der Waals surface area (Å²) in [6.07, 6.45) is 1.97. The van der Waals surface area contributed by atoms with Crippen LogP contribution in [0.1, 0.15) is 67.8 Å². The number of benzene rings is 3. The second-order valence-electron chi connectivity index (χ2n) is 11.4. The molecule has 6 heteroatoms. The maximum absolute atomic E-state index is 14.2. The fraction of sp³-hybridized carbons (Fsp3) is 0.273. The number of nitrogens with zero attached hydrogens (tertiary/aromatic N) is 3. The van der Waals surface area contributed by atoms with Crippen molar-refractivity contribution in [2.24, 2.45) is 0 Å². The Kier molecular flexibility index (Phi) is 6.89. The summed E-state index contributed by atoms with van der Waals surface area (Å²) in [6, 6.07) is 24.9. The van der Waals surface area contributed by atoms with Gasteiger partial charge in [-0.3, -0.25) is 14.5 Å². The van der Waals surface area contributed by atoms with Gasteiger partial charge in [0.1, 0.15) is 18.4 Å². The number of aromatic nitrogens is 1. The molecule has 1 aliphatic heterocycles. The summed E-state index contributed by atoms with van der Waals surface area (Å²) in [6.45, 7) is 10.1. The second-order valence-corrected chi connectivity index (χ2v) is 11.4. The van der Waals surface area contributed by atoms with E-state index in [0.29, 0.717) is 5.56 Å². The van der Waals surface area contributed by atoms with E-state index in [9.17, 15) is 14.0 Å². The molecular weight excluding hydrogens is 489 g/mol. The van der Waals surface area contributed by atoms with Gasteiger partial charge in [-0.2, -0.15) is 0 Å². The first-order chi connectivity index (χ1) is 18.6. The van der Waals surface area contributed by atoms with Crippen molar-refractivity contribution in [1.82, 2.24) is 9.47 Å². The zero-order valence-corrected chi connectivity index (χ0v) is 23.1. The molecule has 0 bridgehead atoms. The fourth-order valence-corrected chi connectivity index (χ4v) is 5.21. The molecule has 0 N–H and O–H groups in total. The molecule has 0 fully saturated rings. The number of hydrogen-bond acceptors (Lipinski definition) is 2. The smallest absolute Gasteiger partial charge is 0.254 e. The normalized spacial score (nSPS) is 14.6. The lowest BCUT2D eigenvalue weighted by Gasteiger charge is -2.40. The van der Waals surface area contributed by atoms with Crippen LogP contribution < -0.4 is 4.90 Å². The molecule has 2 amide bonds. The summed E-state index contributed by atoms with van der Waals surface area (Å²) in [5.41, 5.74) is 4.97. The second kappa shape index (κ2) is 10.2. The first kappa shape index (κ1) is 26.4. The van der Waals surface area contributed by atoms with Crippen molar-refractivity contribution >= 4 is 17.5 Å². The molecule has 5 rings (SSSR count). The van der Waals surface area contributed by atoms with Crippen LogP contribution in [0.15, 0.2) is 91.1 Å². The first-order valence-electron chi connectivity index (χ1n) is 13.3. The third kappa shape index (κ3) is 4.99. The molecule has 4 aromatic rings. The zero-order chi connectivity index (χ0) is 27.9. The standard InChI is InChI=1S/C33H34FN3O2/c1-22(2)36(32(39)24-12-16-25(17-13-24)33(3,4)5)21-30(38)37-28-10-7-6-9-27(28)35-20-8-11-29(35)31(37)23-14-18-26(34)19-15-23/h6-20,22,31H,21H2,1-5H3. The van der Waals surface area contributed by atoms with Crippen LogP contribution in [0.4, 0.5) is 10.1 Å². The molecule has 0 spiro atoms. The molecule has 5 nitrogen and oxygen atoms in total. The highest BCUT2D eigenvalue weighted by atomic mass is 19.1. The average Bonchev–Trinajstić information content (AvgIpc) is 3.40. The molecule has 1 aromatic heterocycles. The van der Waals surface area contributed by atoms with Gasteiger partial charge in [0.2, 0.25) is 5.91 Å². The summed E-state index contributed by atoms with van der Waals surface area (Å²) in [5, 5.41) is 0. The van der Waals surface area contributed by atoms with Crippen LogP contribution in [-0.4, -0.2) is 33.9 Å². The van der Waals surface area contributed by atoms with E-state index in [1.807, 2.05) is 80.7 Å². The van der Waals surface area contributed by atoms with Crippen LogP contribution in [0.5, 0.6) is 0 Å². The Morgan fingerprint density at radius 1 is 0.872 bits per heavy atom. The Hall–Kier alpha value is -4.19. The Morgan fingerprint density at radius 2 is 1.51 bits per heavy atom. The van der Waals surface area contributed by atoms with Crippen molar-refractivity contribution in [2.45, 2.75) is 52.1 Å². The summed E-state index contributed by atoms with van der Waals surface area (Å²) >= 11 is 0. The van der Waals surface area contributed by atoms with Gasteiger partial charge in [-0.05, 0) is 78.9 Å². The monoisotopic (exact) mass is 523 g/mol. The molecule has 39 heavy (non-hydrogen) atoms. The minimum atomic E-state index is -0.474. The zero-order valence-electron chi connectivity index (χ0n) is 23.1. The minimum Gasteiger partial charge on any atom is -0.327 e. The van der Waals surface area contributed by atoms with Crippen LogP contribution in [0.25, 0.3) is 5.69 Å². The number of carbonyl (C=O) groups is 2. The lowest BCUT2D eigenvalue weighted by Crippen LogP contribution is -2.48. The highest BCUT2D eigenvalue weighted by Crippen LogP contribution is 2.42. The molecule has 0 aliphatic carbocycles. The van der Waals surface area contributed by atoms with Crippen LogP contribution in [0.2, 0.25) is 0 Å². The van der Waals surface area contributed by atoms with Crippen LogP contribution in [0, 0.1) is 5.82 Å². The molecule has 3 aromatic carbocycles. The molecule has 0 saturated heterocycles. The fourth-order valence-electron chi connectivity index (χ4n) is 5.21. The third-order valence-corrected chi connectivity index (χ3v) is 7.36. The Morgan fingerprint density at radius 3 is 2.13 bits per heavy atom. The molecule has 2 heterocycles. The highest BCUT2D eigenvalue weighted by molar-refractivity contribution is 6.02. The van der Waals surface area contributed by atoms with E-state index in [1.54, 1.807) is 21.9 Å². The molecule has 1 atom stereocenters. The predicted octanol–water partition coefficient (Wildman–Crippen LogP) is 6.90. The van der Waals surface area contributed by atoms with E-state index in [0.717, 1.165) is 28.2 Å². The van der Waals surface area contributed by atoms with Crippen molar-refractivity contribution in [3.05, 3.63) is 119 Å². The number of anilines is 1. The number of halogens is 1. The number of fused-ring (bicyclic) bond motifs is 3. The van der Waals surface area contributed by atoms with Crippen molar-refractivity contribution in [2.75, 3.05) is 11.4 Å². The minimum absolute atomic E-state index is 0.0238. The van der Waals surface area contributed by atoms with Gasteiger partial charge in [0, 0.05) is 17.8 Å². The number of hydrogen-bond donors (Lipinski definition) is 0. The van der Waals surface area contributed by atoms with Gasteiger partial charge in [-0.1, -0.05) is 57.2 Å². The highest BCUT2D eigenvalue weighted by Gasteiger charge is 2.37. The Bertz CT molecular complexity index is 1500. The van der Waals surface area contributed by atoms with E-state index in [4.69, 9.17) is 0 Å². The van der Waals surface area contributed by atoms with Crippen LogP contribution in [-0.2, 0) is 10.2 Å². The van der Waals surface area contributed by atoms with Crippen LogP contribution in [0.3, 0.4) is 0 Å². The van der Waals surface area contributed by atoms with E-state index in [-0.39, 0.29) is 35.6 Å². The maximum atomic E-state index is 14.2. The molecular formula is C33H34FN3O2. The van der Waals surface area contributed by atoms with Crippen molar-refractivity contribution < 1.29 is 14.0 Å². The largest absolute Gasteiger partial charge is 0.327 e. The lowest BCUT2D eigenvalue weighted by atomic mass is 9.86. The van der Waals surface area contributed by atoms with Crippen LogP contribution >= 0.6 is 0 Å². The molecule has 0 radical (unpaired) electrons. The van der Waals surface area contributed by atoms with Gasteiger partial charge in [-0.15, -0.1) is 0 Å². The average molecular weight is 524 g/mol. The SMILES string of the molecule is CC(C)N(CC(=O)N1c2ccccc2-n2cccc2C1c1ccc(F)cc1)C(=O)c1ccc(C(C)(C)C)cc1. The van der Waals surface area contributed by atoms with Crippen molar-refractivity contribution in [1.29, 1.82) is 0 Å². The van der Waals surface area contributed by atoms with Gasteiger partial charge in [-0.25, -0.2) is 4.39 Å². The summed E-state index contributed by atoms with van der Waals surface area (Å²) in [7, 11) is 0. The van der Waals surface area contributed by atoms with E-state index in [2.05, 4.69) is 25.3 Å². The molecule has 200 valence electrons. The molecule has 0 saturated carbocycles. The first-order valence-corrected chi connectivity index (χ1v) is 13.3. The summed E-state index contributed by atoms with van der Waals surface area (Å²) in [4.78, 5) is 31.3.